The number of anilines is 1. The predicted molar refractivity (Wildman–Crippen MR) is 71.6 cm³/mol. The number of aliphatic hydroxyl groups excluding tert-OH is 2. The molecular weight excluding hydrogens is 228 g/mol. The number of aliphatic hydroxyl groups is 2. The van der Waals surface area contributed by atoms with Gasteiger partial charge < -0.3 is 15.1 Å². The lowest BCUT2D eigenvalue weighted by Gasteiger charge is -2.36. The van der Waals surface area contributed by atoms with E-state index in [1.54, 1.807) is 0 Å². The molecule has 100 valence electrons. The molecule has 2 rings (SSSR count). The molecule has 1 aromatic rings. The Morgan fingerprint density at radius 1 is 1.44 bits per heavy atom. The Morgan fingerprint density at radius 3 is 2.89 bits per heavy atom. The largest absolute Gasteiger partial charge is 0.394 e. The van der Waals surface area contributed by atoms with Crippen LogP contribution in [0.5, 0.6) is 0 Å². The van der Waals surface area contributed by atoms with Gasteiger partial charge in [-0.25, -0.2) is 0 Å². The zero-order chi connectivity index (χ0) is 13.0. The summed E-state index contributed by atoms with van der Waals surface area (Å²) in [5.74, 6) is 0. The van der Waals surface area contributed by atoms with Gasteiger partial charge >= 0.3 is 0 Å². The molecule has 2 atom stereocenters. The highest BCUT2D eigenvalue weighted by molar-refractivity contribution is 5.46. The van der Waals surface area contributed by atoms with Crippen LogP contribution in [0.4, 0.5) is 5.69 Å². The first-order valence-corrected chi connectivity index (χ1v) is 6.77. The lowest BCUT2D eigenvalue weighted by atomic mass is 10.0. The van der Waals surface area contributed by atoms with Gasteiger partial charge in [0, 0.05) is 6.54 Å². The number of hydrogen-bond donors (Lipinski definition) is 2. The van der Waals surface area contributed by atoms with Crippen LogP contribution in [-0.4, -0.2) is 34.4 Å². The van der Waals surface area contributed by atoms with E-state index in [2.05, 4.69) is 9.88 Å². The van der Waals surface area contributed by atoms with Gasteiger partial charge in [0.05, 0.1) is 36.3 Å². The molecule has 1 aliphatic heterocycles. The third-order valence-corrected chi connectivity index (χ3v) is 3.67. The topological polar surface area (TPSA) is 56.6 Å². The highest BCUT2D eigenvalue weighted by Gasteiger charge is 2.22. The minimum Gasteiger partial charge on any atom is -0.394 e. The second-order valence-electron chi connectivity index (χ2n) is 4.89. The second kappa shape index (κ2) is 6.16. The van der Waals surface area contributed by atoms with Gasteiger partial charge in [-0.15, -0.1) is 0 Å². The SMILES string of the molecule is CC[C@@H](O)c1ccc(N2CCCCC2CO)cn1. The summed E-state index contributed by atoms with van der Waals surface area (Å²) in [5, 5.41) is 19.1. The van der Waals surface area contributed by atoms with Gasteiger partial charge in [0.2, 0.25) is 0 Å². The third-order valence-electron chi connectivity index (χ3n) is 3.67. The summed E-state index contributed by atoms with van der Waals surface area (Å²) in [6, 6.07) is 4.09. The van der Waals surface area contributed by atoms with Gasteiger partial charge in [0.25, 0.3) is 0 Å². The van der Waals surface area contributed by atoms with E-state index in [1.165, 1.54) is 6.42 Å². The van der Waals surface area contributed by atoms with Crippen LogP contribution in [0.2, 0.25) is 0 Å². The molecule has 0 radical (unpaired) electrons. The summed E-state index contributed by atoms with van der Waals surface area (Å²) >= 11 is 0. The normalized spacial score (nSPS) is 21.9. The van der Waals surface area contributed by atoms with Crippen LogP contribution in [0.25, 0.3) is 0 Å². The Balaban J connectivity index is 2.12. The van der Waals surface area contributed by atoms with E-state index in [0.29, 0.717) is 6.42 Å². The van der Waals surface area contributed by atoms with Crippen molar-refractivity contribution in [3.63, 3.8) is 0 Å². The molecule has 0 amide bonds. The van der Waals surface area contributed by atoms with Crippen molar-refractivity contribution >= 4 is 5.69 Å². The zero-order valence-corrected chi connectivity index (χ0v) is 10.9. The van der Waals surface area contributed by atoms with E-state index in [0.717, 1.165) is 30.8 Å². The number of nitrogens with zero attached hydrogens (tertiary/aromatic N) is 2. The van der Waals surface area contributed by atoms with Crippen molar-refractivity contribution in [2.75, 3.05) is 18.1 Å². The third kappa shape index (κ3) is 2.82. The smallest absolute Gasteiger partial charge is 0.0957 e. The number of hydrogen-bond acceptors (Lipinski definition) is 4. The molecule has 4 heteroatoms. The van der Waals surface area contributed by atoms with Crippen molar-refractivity contribution < 1.29 is 10.2 Å². The average Bonchev–Trinajstić information content (AvgIpc) is 2.46. The van der Waals surface area contributed by atoms with Gasteiger partial charge in [-0.05, 0) is 37.8 Å². The van der Waals surface area contributed by atoms with Crippen LogP contribution in [0.1, 0.15) is 44.4 Å². The minimum atomic E-state index is -0.478. The van der Waals surface area contributed by atoms with Crippen molar-refractivity contribution in [3.8, 4) is 0 Å². The van der Waals surface area contributed by atoms with Crippen LogP contribution >= 0.6 is 0 Å². The van der Waals surface area contributed by atoms with Crippen LogP contribution < -0.4 is 4.90 Å². The fraction of sp³-hybridized carbons (Fsp3) is 0.643. The molecule has 0 bridgehead atoms. The van der Waals surface area contributed by atoms with E-state index in [-0.39, 0.29) is 12.6 Å². The molecule has 18 heavy (non-hydrogen) atoms. The number of rotatable bonds is 4. The maximum Gasteiger partial charge on any atom is 0.0957 e. The van der Waals surface area contributed by atoms with Gasteiger partial charge in [-0.2, -0.15) is 0 Å². The quantitative estimate of drug-likeness (QED) is 0.856. The molecule has 1 aliphatic rings. The summed E-state index contributed by atoms with van der Waals surface area (Å²) in [7, 11) is 0. The van der Waals surface area contributed by atoms with Crippen LogP contribution in [0, 0.1) is 0 Å². The van der Waals surface area contributed by atoms with E-state index in [9.17, 15) is 10.2 Å². The Hall–Kier alpha value is -1.13. The summed E-state index contributed by atoms with van der Waals surface area (Å²) in [6.07, 6.45) is 5.39. The number of pyridine rings is 1. The molecule has 0 aromatic carbocycles. The monoisotopic (exact) mass is 250 g/mol. The van der Waals surface area contributed by atoms with E-state index >= 15 is 0 Å². The average molecular weight is 250 g/mol. The van der Waals surface area contributed by atoms with Crippen LogP contribution in [-0.2, 0) is 0 Å². The molecule has 1 unspecified atom stereocenters. The summed E-state index contributed by atoms with van der Waals surface area (Å²) < 4.78 is 0. The van der Waals surface area contributed by atoms with Crippen molar-refractivity contribution in [1.82, 2.24) is 4.98 Å². The summed E-state index contributed by atoms with van der Waals surface area (Å²) in [4.78, 5) is 6.54. The molecule has 0 spiro atoms. The molecule has 1 aromatic heterocycles. The van der Waals surface area contributed by atoms with Crippen molar-refractivity contribution in [3.05, 3.63) is 24.0 Å². The van der Waals surface area contributed by atoms with Crippen LogP contribution in [0.3, 0.4) is 0 Å². The molecule has 2 heterocycles. The standard InChI is InChI=1S/C14H22N2O2/c1-2-14(18)13-7-6-11(9-15-13)16-8-4-3-5-12(16)10-17/h6-7,9,12,14,17-18H,2-5,8,10H2,1H3/t12?,14-/m1/s1. The first-order valence-electron chi connectivity index (χ1n) is 6.77. The first-order chi connectivity index (χ1) is 8.76. The predicted octanol–water partition coefficient (Wildman–Crippen LogP) is 1.88. The van der Waals surface area contributed by atoms with Gasteiger partial charge in [0.15, 0.2) is 0 Å². The van der Waals surface area contributed by atoms with Gasteiger partial charge in [0.1, 0.15) is 0 Å². The molecule has 4 nitrogen and oxygen atoms in total. The lowest BCUT2D eigenvalue weighted by molar-refractivity contribution is 0.169. The number of piperidine rings is 1. The molecule has 2 N–H and O–H groups in total. The maximum absolute atomic E-state index is 9.71. The highest BCUT2D eigenvalue weighted by Crippen LogP contribution is 2.25. The van der Waals surface area contributed by atoms with Crippen molar-refractivity contribution in [2.24, 2.45) is 0 Å². The Morgan fingerprint density at radius 2 is 2.28 bits per heavy atom. The Kier molecular flexibility index (Phi) is 4.55. The Labute approximate surface area is 108 Å². The van der Waals surface area contributed by atoms with Crippen molar-refractivity contribution in [2.45, 2.75) is 44.8 Å². The summed E-state index contributed by atoms with van der Waals surface area (Å²) in [5.41, 5.74) is 1.76. The van der Waals surface area contributed by atoms with Crippen molar-refractivity contribution in [1.29, 1.82) is 0 Å². The highest BCUT2D eigenvalue weighted by atomic mass is 16.3. The fourth-order valence-electron chi connectivity index (χ4n) is 2.50. The molecule has 0 saturated carbocycles. The first kappa shape index (κ1) is 13.3. The molecule has 0 aliphatic carbocycles. The number of aromatic nitrogens is 1. The Bertz CT molecular complexity index is 367. The molecule has 1 saturated heterocycles. The zero-order valence-electron chi connectivity index (χ0n) is 10.9. The minimum absolute atomic E-state index is 0.194. The molecular formula is C14H22N2O2. The van der Waals surface area contributed by atoms with E-state index < -0.39 is 6.10 Å². The van der Waals surface area contributed by atoms with E-state index in [1.807, 2.05) is 25.3 Å². The maximum atomic E-state index is 9.71. The van der Waals surface area contributed by atoms with Crippen LogP contribution in [0.15, 0.2) is 18.3 Å². The van der Waals surface area contributed by atoms with E-state index in [4.69, 9.17) is 0 Å². The van der Waals surface area contributed by atoms with Gasteiger partial charge in [-0.1, -0.05) is 6.92 Å². The second-order valence-corrected chi connectivity index (χ2v) is 4.89. The fourth-order valence-corrected chi connectivity index (χ4v) is 2.50. The molecule has 1 fully saturated rings. The summed E-state index contributed by atoms with van der Waals surface area (Å²) in [6.45, 7) is 3.11. The lowest BCUT2D eigenvalue weighted by Crippen LogP contribution is -2.41. The van der Waals surface area contributed by atoms with Gasteiger partial charge in [-0.3, -0.25) is 4.98 Å².